The van der Waals surface area contributed by atoms with Crippen LogP contribution in [-0.2, 0) is 0 Å². The van der Waals surface area contributed by atoms with Crippen molar-refractivity contribution in [2.75, 3.05) is 25.0 Å². The lowest BCUT2D eigenvalue weighted by Crippen LogP contribution is -2.33. The molecule has 2 N–H and O–H groups in total. The van der Waals surface area contributed by atoms with Crippen LogP contribution in [-0.4, -0.2) is 39.6 Å². The van der Waals surface area contributed by atoms with Gasteiger partial charge in [-0.25, -0.2) is 9.97 Å². The van der Waals surface area contributed by atoms with Crippen molar-refractivity contribution >= 4 is 5.82 Å². The van der Waals surface area contributed by atoms with Gasteiger partial charge in [-0.3, -0.25) is 9.97 Å². The Kier molecular flexibility index (Phi) is 5.12. The van der Waals surface area contributed by atoms with Crippen LogP contribution >= 0.6 is 0 Å². The van der Waals surface area contributed by atoms with Crippen molar-refractivity contribution in [3.63, 3.8) is 0 Å². The van der Waals surface area contributed by atoms with E-state index in [0.29, 0.717) is 11.7 Å². The van der Waals surface area contributed by atoms with Gasteiger partial charge in [-0.15, -0.1) is 0 Å². The molecule has 0 aliphatic carbocycles. The molecule has 26 heavy (non-hydrogen) atoms. The summed E-state index contributed by atoms with van der Waals surface area (Å²) < 4.78 is 0. The first-order chi connectivity index (χ1) is 12.9. The molecule has 0 aromatic carbocycles. The largest absolute Gasteiger partial charge is 0.370 e. The van der Waals surface area contributed by atoms with Crippen LogP contribution in [0.2, 0.25) is 0 Å². The Morgan fingerprint density at radius 3 is 2.38 bits per heavy atom. The summed E-state index contributed by atoms with van der Waals surface area (Å²) in [7, 11) is 0. The van der Waals surface area contributed by atoms with Crippen LogP contribution < -0.4 is 10.6 Å². The van der Waals surface area contributed by atoms with Gasteiger partial charge in [0.2, 0.25) is 0 Å². The van der Waals surface area contributed by atoms with E-state index in [4.69, 9.17) is 9.97 Å². The van der Waals surface area contributed by atoms with Gasteiger partial charge in [0.1, 0.15) is 5.82 Å². The van der Waals surface area contributed by atoms with Gasteiger partial charge in [-0.05, 0) is 56.1 Å². The molecule has 1 aliphatic heterocycles. The molecule has 1 unspecified atom stereocenters. The first-order valence-electron chi connectivity index (χ1n) is 9.03. The summed E-state index contributed by atoms with van der Waals surface area (Å²) in [6.45, 7) is 3.10. The maximum Gasteiger partial charge on any atom is 0.162 e. The number of aromatic nitrogens is 4. The summed E-state index contributed by atoms with van der Waals surface area (Å²) in [5.74, 6) is 2.18. The molecule has 1 fully saturated rings. The zero-order valence-corrected chi connectivity index (χ0v) is 14.6. The minimum Gasteiger partial charge on any atom is -0.370 e. The highest BCUT2D eigenvalue weighted by Gasteiger charge is 2.14. The van der Waals surface area contributed by atoms with Gasteiger partial charge in [-0.2, -0.15) is 0 Å². The Morgan fingerprint density at radius 1 is 0.962 bits per heavy atom. The fraction of sp³-hybridized carbons (Fsp3) is 0.300. The molecule has 1 saturated heterocycles. The summed E-state index contributed by atoms with van der Waals surface area (Å²) in [4.78, 5) is 17.7. The third-order valence-corrected chi connectivity index (χ3v) is 4.61. The summed E-state index contributed by atoms with van der Waals surface area (Å²) >= 11 is 0. The van der Waals surface area contributed by atoms with Crippen molar-refractivity contribution in [2.45, 2.75) is 12.8 Å². The molecule has 6 heteroatoms. The second-order valence-electron chi connectivity index (χ2n) is 6.53. The van der Waals surface area contributed by atoms with E-state index < -0.39 is 0 Å². The standard InChI is InChI=1S/C20H22N6/c1-2-15(13-23-7-1)14-24-19-12-18(16-3-8-21-9-4-16)25-20(26-19)17-5-10-22-11-6-17/h3-6,8-12,15,23H,1-2,7,13-14H2,(H,24,25,26). The molecule has 6 nitrogen and oxygen atoms in total. The van der Waals surface area contributed by atoms with Gasteiger partial charge in [0.25, 0.3) is 0 Å². The fourth-order valence-electron chi connectivity index (χ4n) is 3.19. The van der Waals surface area contributed by atoms with Crippen LogP contribution in [0.4, 0.5) is 5.82 Å². The molecular formula is C20H22N6. The summed E-state index contributed by atoms with van der Waals surface area (Å²) in [6, 6.07) is 9.80. The van der Waals surface area contributed by atoms with E-state index in [-0.39, 0.29) is 0 Å². The molecule has 1 aliphatic rings. The Morgan fingerprint density at radius 2 is 1.69 bits per heavy atom. The maximum atomic E-state index is 4.75. The summed E-state index contributed by atoms with van der Waals surface area (Å²) in [5, 5.41) is 6.97. The van der Waals surface area contributed by atoms with Crippen LogP contribution in [0.15, 0.2) is 55.1 Å². The van der Waals surface area contributed by atoms with Gasteiger partial charge < -0.3 is 10.6 Å². The second-order valence-corrected chi connectivity index (χ2v) is 6.53. The van der Waals surface area contributed by atoms with Crippen LogP contribution in [0, 0.1) is 5.92 Å². The zero-order valence-electron chi connectivity index (χ0n) is 14.6. The molecule has 0 bridgehead atoms. The Balaban J connectivity index is 1.64. The topological polar surface area (TPSA) is 75.6 Å². The average Bonchev–Trinajstić information content (AvgIpc) is 2.74. The highest BCUT2D eigenvalue weighted by Crippen LogP contribution is 2.24. The van der Waals surface area contributed by atoms with Crippen LogP contribution in [0.5, 0.6) is 0 Å². The lowest BCUT2D eigenvalue weighted by molar-refractivity contribution is 0.392. The Hall–Kier alpha value is -2.86. The lowest BCUT2D eigenvalue weighted by Gasteiger charge is -2.23. The van der Waals surface area contributed by atoms with Crippen molar-refractivity contribution in [1.29, 1.82) is 0 Å². The molecule has 132 valence electrons. The third kappa shape index (κ3) is 4.03. The first-order valence-corrected chi connectivity index (χ1v) is 9.03. The summed E-state index contributed by atoms with van der Waals surface area (Å²) in [5.41, 5.74) is 2.87. The lowest BCUT2D eigenvalue weighted by atomic mass is 10.00. The van der Waals surface area contributed by atoms with Crippen molar-refractivity contribution in [1.82, 2.24) is 25.3 Å². The number of hydrogen-bond acceptors (Lipinski definition) is 6. The molecule has 0 amide bonds. The van der Waals surface area contributed by atoms with Crippen molar-refractivity contribution in [3.8, 4) is 22.6 Å². The van der Waals surface area contributed by atoms with E-state index in [0.717, 1.165) is 42.3 Å². The minimum atomic E-state index is 0.632. The minimum absolute atomic E-state index is 0.632. The number of anilines is 1. The predicted molar refractivity (Wildman–Crippen MR) is 103 cm³/mol. The predicted octanol–water partition coefficient (Wildman–Crippen LogP) is 3.01. The SMILES string of the molecule is c1cc(-c2cc(NCC3CCCNC3)nc(-c3ccncc3)n2)ccn1. The van der Waals surface area contributed by atoms with E-state index >= 15 is 0 Å². The molecule has 3 aromatic rings. The maximum absolute atomic E-state index is 4.75. The Bertz CT molecular complexity index is 774. The molecule has 4 heterocycles. The number of hydrogen-bond donors (Lipinski definition) is 2. The van der Waals surface area contributed by atoms with E-state index in [2.05, 4.69) is 20.6 Å². The van der Waals surface area contributed by atoms with Gasteiger partial charge in [-0.1, -0.05) is 0 Å². The van der Waals surface area contributed by atoms with E-state index in [1.165, 1.54) is 12.8 Å². The number of piperidine rings is 1. The monoisotopic (exact) mass is 346 g/mol. The molecule has 1 atom stereocenters. The van der Waals surface area contributed by atoms with E-state index in [9.17, 15) is 0 Å². The molecule has 0 radical (unpaired) electrons. The third-order valence-electron chi connectivity index (χ3n) is 4.61. The average molecular weight is 346 g/mol. The van der Waals surface area contributed by atoms with Crippen molar-refractivity contribution < 1.29 is 0 Å². The number of rotatable bonds is 5. The first kappa shape index (κ1) is 16.6. The van der Waals surface area contributed by atoms with Gasteiger partial charge in [0.15, 0.2) is 5.82 Å². The normalized spacial score (nSPS) is 17.0. The molecule has 0 saturated carbocycles. The van der Waals surface area contributed by atoms with Crippen LogP contribution in [0.1, 0.15) is 12.8 Å². The molecular weight excluding hydrogens is 324 g/mol. The fourth-order valence-corrected chi connectivity index (χ4v) is 3.19. The molecule has 3 aromatic heterocycles. The van der Waals surface area contributed by atoms with E-state index in [1.54, 1.807) is 24.8 Å². The van der Waals surface area contributed by atoms with Crippen molar-refractivity contribution in [3.05, 3.63) is 55.1 Å². The van der Waals surface area contributed by atoms with Crippen molar-refractivity contribution in [2.24, 2.45) is 5.92 Å². The second kappa shape index (κ2) is 8.01. The van der Waals surface area contributed by atoms with E-state index in [1.807, 2.05) is 30.3 Å². The van der Waals surface area contributed by atoms with Gasteiger partial charge in [0, 0.05) is 48.5 Å². The van der Waals surface area contributed by atoms with Crippen LogP contribution in [0.25, 0.3) is 22.6 Å². The highest BCUT2D eigenvalue weighted by molar-refractivity contribution is 5.67. The number of nitrogens with one attached hydrogen (secondary N) is 2. The van der Waals surface area contributed by atoms with Gasteiger partial charge in [0.05, 0.1) is 5.69 Å². The Labute approximate surface area is 153 Å². The zero-order chi connectivity index (χ0) is 17.6. The summed E-state index contributed by atoms with van der Waals surface area (Å²) in [6.07, 6.45) is 9.58. The smallest absolute Gasteiger partial charge is 0.162 e. The number of pyridine rings is 2. The molecule has 0 spiro atoms. The van der Waals surface area contributed by atoms with Gasteiger partial charge >= 0.3 is 0 Å². The quantitative estimate of drug-likeness (QED) is 0.740. The highest BCUT2D eigenvalue weighted by atomic mass is 15.0. The van der Waals surface area contributed by atoms with Crippen LogP contribution in [0.3, 0.4) is 0 Å². The number of nitrogens with zero attached hydrogens (tertiary/aromatic N) is 4. The molecule has 4 rings (SSSR count).